The Bertz CT molecular complexity index is 344. The lowest BCUT2D eigenvalue weighted by atomic mass is 10.0. The maximum Gasteiger partial charge on any atom is 0.161 e. The molecule has 0 heterocycles. The van der Waals surface area contributed by atoms with Gasteiger partial charge in [0.25, 0.3) is 0 Å². The largest absolute Gasteiger partial charge is 0.493 e. The van der Waals surface area contributed by atoms with Crippen molar-refractivity contribution in [2.75, 3.05) is 33.3 Å². The van der Waals surface area contributed by atoms with Crippen LogP contribution in [0.1, 0.15) is 18.0 Å². The van der Waals surface area contributed by atoms with Crippen molar-refractivity contribution in [1.82, 2.24) is 5.32 Å². The number of benzene rings is 1. The van der Waals surface area contributed by atoms with E-state index in [0.717, 1.165) is 23.7 Å². The monoisotopic (exact) mass is 255 g/mol. The van der Waals surface area contributed by atoms with E-state index in [2.05, 4.69) is 17.6 Å². The van der Waals surface area contributed by atoms with Crippen LogP contribution in [0, 0.1) is 0 Å². The molecule has 0 aliphatic carbocycles. The maximum atomic E-state index is 5.32. The Morgan fingerprint density at radius 2 is 1.94 bits per heavy atom. The Morgan fingerprint density at radius 1 is 1.24 bits per heavy atom. The lowest BCUT2D eigenvalue weighted by Crippen LogP contribution is -2.17. The summed E-state index contributed by atoms with van der Waals surface area (Å²) in [5, 5.41) is 3.33. The smallest absolute Gasteiger partial charge is 0.161 e. The van der Waals surface area contributed by atoms with Crippen molar-refractivity contribution in [3.05, 3.63) is 23.8 Å². The number of rotatable bonds is 7. The van der Waals surface area contributed by atoms with E-state index in [0.29, 0.717) is 6.04 Å². The van der Waals surface area contributed by atoms with Gasteiger partial charge in [-0.15, -0.1) is 0 Å². The molecule has 1 unspecified atom stereocenters. The summed E-state index contributed by atoms with van der Waals surface area (Å²) in [5.41, 5.74) is 1.24. The number of hydrogen-bond donors (Lipinski definition) is 1. The van der Waals surface area contributed by atoms with Gasteiger partial charge in [0.15, 0.2) is 11.5 Å². The quantitative estimate of drug-likeness (QED) is 0.811. The Labute approximate surface area is 108 Å². The van der Waals surface area contributed by atoms with Crippen LogP contribution in [-0.4, -0.2) is 33.3 Å². The van der Waals surface area contributed by atoms with Crippen LogP contribution >= 0.6 is 11.8 Å². The lowest BCUT2D eigenvalue weighted by molar-refractivity contribution is 0.354. The predicted octanol–water partition coefficient (Wildman–Crippen LogP) is 2.72. The number of methoxy groups -OCH3 is 2. The van der Waals surface area contributed by atoms with Crippen LogP contribution in [0.5, 0.6) is 11.5 Å². The highest BCUT2D eigenvalue weighted by molar-refractivity contribution is 7.98. The van der Waals surface area contributed by atoms with E-state index < -0.39 is 0 Å². The third-order valence-electron chi connectivity index (χ3n) is 2.77. The van der Waals surface area contributed by atoms with Gasteiger partial charge < -0.3 is 14.8 Å². The summed E-state index contributed by atoms with van der Waals surface area (Å²) in [6, 6.07) is 6.45. The van der Waals surface area contributed by atoms with Gasteiger partial charge >= 0.3 is 0 Å². The van der Waals surface area contributed by atoms with Crippen molar-refractivity contribution in [3.63, 3.8) is 0 Å². The van der Waals surface area contributed by atoms with E-state index in [4.69, 9.17) is 9.47 Å². The third kappa shape index (κ3) is 3.82. The highest BCUT2D eigenvalue weighted by Gasteiger charge is 2.12. The summed E-state index contributed by atoms with van der Waals surface area (Å²) < 4.78 is 10.6. The number of nitrogens with one attached hydrogen (secondary N) is 1. The van der Waals surface area contributed by atoms with E-state index in [-0.39, 0.29) is 0 Å². The zero-order chi connectivity index (χ0) is 12.7. The molecule has 0 aliphatic heterocycles. The summed E-state index contributed by atoms with van der Waals surface area (Å²) in [5.74, 6) is 2.70. The van der Waals surface area contributed by atoms with Crippen LogP contribution in [0.25, 0.3) is 0 Å². The fraction of sp³-hybridized carbons (Fsp3) is 0.538. The number of thioether (sulfide) groups is 1. The maximum absolute atomic E-state index is 5.32. The van der Waals surface area contributed by atoms with Gasteiger partial charge in [0, 0.05) is 6.04 Å². The van der Waals surface area contributed by atoms with Crippen LogP contribution < -0.4 is 14.8 Å². The van der Waals surface area contributed by atoms with Gasteiger partial charge in [-0.1, -0.05) is 6.07 Å². The topological polar surface area (TPSA) is 30.5 Å². The minimum absolute atomic E-state index is 0.363. The predicted molar refractivity (Wildman–Crippen MR) is 74.3 cm³/mol. The second-order valence-electron chi connectivity index (χ2n) is 3.74. The fourth-order valence-electron chi connectivity index (χ4n) is 1.78. The van der Waals surface area contributed by atoms with E-state index >= 15 is 0 Å². The lowest BCUT2D eigenvalue weighted by Gasteiger charge is -2.18. The van der Waals surface area contributed by atoms with Gasteiger partial charge in [-0.25, -0.2) is 0 Å². The normalized spacial score (nSPS) is 12.2. The first-order valence-corrected chi connectivity index (χ1v) is 7.04. The van der Waals surface area contributed by atoms with Crippen molar-refractivity contribution in [1.29, 1.82) is 0 Å². The molecule has 96 valence electrons. The molecule has 1 atom stereocenters. The van der Waals surface area contributed by atoms with Gasteiger partial charge in [0.05, 0.1) is 14.2 Å². The van der Waals surface area contributed by atoms with Crippen molar-refractivity contribution in [2.45, 2.75) is 12.5 Å². The molecule has 1 rings (SSSR count). The zero-order valence-electron chi connectivity index (χ0n) is 10.9. The minimum atomic E-state index is 0.363. The molecular weight excluding hydrogens is 234 g/mol. The van der Waals surface area contributed by atoms with Gasteiger partial charge in [0.2, 0.25) is 0 Å². The second kappa shape index (κ2) is 7.45. The van der Waals surface area contributed by atoms with Crippen molar-refractivity contribution in [2.24, 2.45) is 0 Å². The summed E-state index contributed by atoms with van der Waals surface area (Å²) >= 11 is 1.86. The molecule has 0 aromatic heterocycles. The van der Waals surface area contributed by atoms with Crippen molar-refractivity contribution < 1.29 is 9.47 Å². The average molecular weight is 255 g/mol. The van der Waals surface area contributed by atoms with Crippen LogP contribution in [0.2, 0.25) is 0 Å². The van der Waals surface area contributed by atoms with Crippen molar-refractivity contribution >= 4 is 11.8 Å². The first-order valence-electron chi connectivity index (χ1n) is 5.65. The van der Waals surface area contributed by atoms with Crippen molar-refractivity contribution in [3.8, 4) is 11.5 Å². The molecule has 3 nitrogen and oxygen atoms in total. The summed E-state index contributed by atoms with van der Waals surface area (Å²) in [6.45, 7) is 0. The van der Waals surface area contributed by atoms with E-state index in [1.54, 1.807) is 14.2 Å². The first-order chi connectivity index (χ1) is 8.26. The number of hydrogen-bond acceptors (Lipinski definition) is 4. The molecule has 17 heavy (non-hydrogen) atoms. The molecule has 4 heteroatoms. The molecule has 0 amide bonds. The molecule has 0 fully saturated rings. The van der Waals surface area contributed by atoms with Gasteiger partial charge in [-0.05, 0) is 43.2 Å². The number of ether oxygens (including phenoxy) is 2. The SMILES string of the molecule is CNC(CCSC)c1ccc(OC)c(OC)c1. The Balaban J connectivity index is 2.88. The average Bonchev–Trinajstić information content (AvgIpc) is 2.39. The highest BCUT2D eigenvalue weighted by atomic mass is 32.2. The van der Waals surface area contributed by atoms with Crippen LogP contribution in [0.15, 0.2) is 18.2 Å². The second-order valence-corrected chi connectivity index (χ2v) is 4.72. The highest BCUT2D eigenvalue weighted by Crippen LogP contribution is 2.31. The molecule has 1 aromatic carbocycles. The Morgan fingerprint density at radius 3 is 2.47 bits per heavy atom. The van der Waals surface area contributed by atoms with Crippen LogP contribution in [0.3, 0.4) is 0 Å². The standard InChI is InChI=1S/C13H21NO2S/c1-14-11(7-8-17-4)10-5-6-12(15-2)13(9-10)16-3/h5-6,9,11,14H,7-8H2,1-4H3. The van der Waals surface area contributed by atoms with Gasteiger partial charge in [0.1, 0.15) is 0 Å². The first kappa shape index (κ1) is 14.2. The van der Waals surface area contributed by atoms with Crippen LogP contribution in [0.4, 0.5) is 0 Å². The molecule has 0 spiro atoms. The zero-order valence-corrected chi connectivity index (χ0v) is 11.8. The molecule has 1 aromatic rings. The molecule has 0 radical (unpaired) electrons. The van der Waals surface area contributed by atoms with E-state index in [9.17, 15) is 0 Å². The molecule has 0 saturated carbocycles. The summed E-state index contributed by atoms with van der Waals surface area (Å²) in [6.07, 6.45) is 3.23. The molecule has 1 N–H and O–H groups in total. The summed E-state index contributed by atoms with van der Waals surface area (Å²) in [4.78, 5) is 0. The van der Waals surface area contributed by atoms with E-state index in [1.807, 2.05) is 30.9 Å². The Kier molecular flexibility index (Phi) is 6.22. The van der Waals surface area contributed by atoms with Gasteiger partial charge in [-0.3, -0.25) is 0 Å². The van der Waals surface area contributed by atoms with Crippen LogP contribution in [-0.2, 0) is 0 Å². The fourth-order valence-corrected chi connectivity index (χ4v) is 2.25. The third-order valence-corrected chi connectivity index (χ3v) is 3.41. The summed E-state index contributed by atoms with van der Waals surface area (Å²) in [7, 11) is 5.31. The van der Waals surface area contributed by atoms with E-state index in [1.165, 1.54) is 5.56 Å². The Hall–Kier alpha value is -0.870. The molecule has 0 bridgehead atoms. The molecule has 0 aliphatic rings. The minimum Gasteiger partial charge on any atom is -0.493 e. The molecular formula is C13H21NO2S. The van der Waals surface area contributed by atoms with Gasteiger partial charge in [-0.2, -0.15) is 11.8 Å². The molecule has 0 saturated heterocycles.